The Labute approximate surface area is 109 Å². The van der Waals surface area contributed by atoms with Crippen LogP contribution in [-0.2, 0) is 6.61 Å². The second-order valence-corrected chi connectivity index (χ2v) is 5.37. The molecule has 1 aromatic carbocycles. The molecule has 3 atom stereocenters. The predicted octanol–water partition coefficient (Wildman–Crippen LogP) is 2.32. The normalized spacial score (nSPS) is 28.1. The Morgan fingerprint density at radius 2 is 2.00 bits per heavy atom. The average molecular weight is 249 g/mol. The van der Waals surface area contributed by atoms with Gasteiger partial charge < -0.3 is 15.6 Å². The zero-order valence-electron chi connectivity index (χ0n) is 11.0. The molecule has 0 spiro atoms. The van der Waals surface area contributed by atoms with Crippen LogP contribution in [0.3, 0.4) is 0 Å². The van der Waals surface area contributed by atoms with Gasteiger partial charge in [-0.15, -0.1) is 0 Å². The number of hydrogen-bond acceptors (Lipinski definition) is 3. The SMILES string of the molecule is CC1CCC(CN)C(Oc2ccc(CO)cc2)C1. The van der Waals surface area contributed by atoms with E-state index in [0.29, 0.717) is 12.5 Å². The molecule has 0 aromatic heterocycles. The summed E-state index contributed by atoms with van der Waals surface area (Å²) < 4.78 is 6.07. The van der Waals surface area contributed by atoms with Crippen molar-refractivity contribution in [2.45, 2.75) is 38.9 Å². The first-order chi connectivity index (χ1) is 8.72. The Morgan fingerprint density at radius 1 is 1.28 bits per heavy atom. The van der Waals surface area contributed by atoms with E-state index in [1.807, 2.05) is 24.3 Å². The van der Waals surface area contributed by atoms with Crippen molar-refractivity contribution < 1.29 is 9.84 Å². The molecule has 0 bridgehead atoms. The third kappa shape index (κ3) is 3.24. The van der Waals surface area contributed by atoms with Gasteiger partial charge in [0.25, 0.3) is 0 Å². The summed E-state index contributed by atoms with van der Waals surface area (Å²) in [6, 6.07) is 7.66. The quantitative estimate of drug-likeness (QED) is 0.861. The fourth-order valence-corrected chi connectivity index (χ4v) is 2.65. The maximum absolute atomic E-state index is 9.01. The molecule has 18 heavy (non-hydrogen) atoms. The molecule has 3 unspecified atom stereocenters. The topological polar surface area (TPSA) is 55.5 Å². The highest BCUT2D eigenvalue weighted by Crippen LogP contribution is 2.31. The van der Waals surface area contributed by atoms with Gasteiger partial charge >= 0.3 is 0 Å². The van der Waals surface area contributed by atoms with E-state index in [-0.39, 0.29) is 12.7 Å². The van der Waals surface area contributed by atoms with Crippen LogP contribution in [0.2, 0.25) is 0 Å². The second kappa shape index (κ2) is 6.21. The highest BCUT2D eigenvalue weighted by atomic mass is 16.5. The van der Waals surface area contributed by atoms with Gasteiger partial charge in [-0.25, -0.2) is 0 Å². The number of aliphatic hydroxyl groups excluding tert-OH is 1. The summed E-state index contributed by atoms with van der Waals surface area (Å²) in [5.41, 5.74) is 6.74. The van der Waals surface area contributed by atoms with Crippen molar-refractivity contribution in [3.05, 3.63) is 29.8 Å². The van der Waals surface area contributed by atoms with Gasteiger partial charge in [-0.3, -0.25) is 0 Å². The monoisotopic (exact) mass is 249 g/mol. The van der Waals surface area contributed by atoms with Crippen molar-refractivity contribution in [2.24, 2.45) is 17.6 Å². The molecule has 0 radical (unpaired) electrons. The van der Waals surface area contributed by atoms with Crippen molar-refractivity contribution in [3.63, 3.8) is 0 Å². The van der Waals surface area contributed by atoms with E-state index in [4.69, 9.17) is 15.6 Å². The van der Waals surface area contributed by atoms with E-state index < -0.39 is 0 Å². The molecule has 1 aliphatic rings. The third-order valence-corrected chi connectivity index (χ3v) is 3.89. The Bertz CT molecular complexity index is 363. The first kappa shape index (κ1) is 13.4. The van der Waals surface area contributed by atoms with E-state index in [2.05, 4.69) is 6.92 Å². The first-order valence-corrected chi connectivity index (χ1v) is 6.79. The Kier molecular flexibility index (Phi) is 4.61. The van der Waals surface area contributed by atoms with Crippen LogP contribution in [-0.4, -0.2) is 17.8 Å². The summed E-state index contributed by atoms with van der Waals surface area (Å²) in [4.78, 5) is 0. The average Bonchev–Trinajstić information content (AvgIpc) is 2.40. The molecule has 0 amide bonds. The van der Waals surface area contributed by atoms with Crippen LogP contribution in [0.4, 0.5) is 0 Å². The van der Waals surface area contributed by atoms with Crippen LogP contribution >= 0.6 is 0 Å². The Morgan fingerprint density at radius 3 is 2.61 bits per heavy atom. The highest BCUT2D eigenvalue weighted by molar-refractivity contribution is 5.27. The largest absolute Gasteiger partial charge is 0.490 e. The minimum atomic E-state index is 0.0756. The maximum atomic E-state index is 9.01. The minimum absolute atomic E-state index is 0.0756. The minimum Gasteiger partial charge on any atom is -0.490 e. The molecule has 3 N–H and O–H groups in total. The lowest BCUT2D eigenvalue weighted by molar-refractivity contribution is 0.0741. The molecule has 0 aliphatic heterocycles. The third-order valence-electron chi connectivity index (χ3n) is 3.89. The van der Waals surface area contributed by atoms with E-state index in [1.165, 1.54) is 6.42 Å². The number of ether oxygens (including phenoxy) is 1. The molecular weight excluding hydrogens is 226 g/mol. The summed E-state index contributed by atoms with van der Waals surface area (Å²) in [6.07, 6.45) is 3.74. The predicted molar refractivity (Wildman–Crippen MR) is 72.3 cm³/mol. The summed E-state index contributed by atoms with van der Waals surface area (Å²) in [5.74, 6) is 2.07. The van der Waals surface area contributed by atoms with Crippen LogP contribution in [0.1, 0.15) is 31.7 Å². The Hall–Kier alpha value is -1.06. The molecule has 3 heteroatoms. The van der Waals surface area contributed by atoms with Crippen LogP contribution in [0, 0.1) is 11.8 Å². The van der Waals surface area contributed by atoms with Crippen LogP contribution in [0.15, 0.2) is 24.3 Å². The summed E-state index contributed by atoms with van der Waals surface area (Å²) >= 11 is 0. The fourth-order valence-electron chi connectivity index (χ4n) is 2.65. The summed E-state index contributed by atoms with van der Waals surface area (Å²) in [7, 11) is 0. The molecule has 3 nitrogen and oxygen atoms in total. The molecule has 1 aromatic rings. The molecule has 0 saturated heterocycles. The van der Waals surface area contributed by atoms with Gasteiger partial charge in [-0.1, -0.05) is 25.5 Å². The van der Waals surface area contributed by atoms with Crippen LogP contribution in [0.25, 0.3) is 0 Å². The molecule has 1 fully saturated rings. The molecule has 0 heterocycles. The number of aliphatic hydroxyl groups is 1. The van der Waals surface area contributed by atoms with Crippen molar-refractivity contribution >= 4 is 0 Å². The van der Waals surface area contributed by atoms with Crippen molar-refractivity contribution in [2.75, 3.05) is 6.54 Å². The van der Waals surface area contributed by atoms with Crippen molar-refractivity contribution in [3.8, 4) is 5.75 Å². The summed E-state index contributed by atoms with van der Waals surface area (Å²) in [5, 5.41) is 9.01. The van der Waals surface area contributed by atoms with Gasteiger partial charge in [0.05, 0.1) is 6.61 Å². The molecule has 2 rings (SSSR count). The maximum Gasteiger partial charge on any atom is 0.119 e. The molecule has 100 valence electrons. The lowest BCUT2D eigenvalue weighted by atomic mass is 9.80. The molecular formula is C15H23NO2. The van der Waals surface area contributed by atoms with Gasteiger partial charge in [0, 0.05) is 5.92 Å². The number of rotatable bonds is 4. The molecule has 1 aliphatic carbocycles. The van der Waals surface area contributed by atoms with E-state index in [9.17, 15) is 0 Å². The van der Waals surface area contributed by atoms with E-state index in [0.717, 1.165) is 30.1 Å². The zero-order valence-corrected chi connectivity index (χ0v) is 11.0. The van der Waals surface area contributed by atoms with Gasteiger partial charge in [-0.05, 0) is 43.0 Å². The molecule has 1 saturated carbocycles. The van der Waals surface area contributed by atoms with Crippen LogP contribution < -0.4 is 10.5 Å². The van der Waals surface area contributed by atoms with Gasteiger partial charge in [0.1, 0.15) is 11.9 Å². The second-order valence-electron chi connectivity index (χ2n) is 5.37. The van der Waals surface area contributed by atoms with Gasteiger partial charge in [0.2, 0.25) is 0 Å². The van der Waals surface area contributed by atoms with Crippen LogP contribution in [0.5, 0.6) is 5.75 Å². The number of nitrogens with two attached hydrogens (primary N) is 1. The fraction of sp³-hybridized carbons (Fsp3) is 0.600. The Balaban J connectivity index is 2.01. The van der Waals surface area contributed by atoms with Gasteiger partial charge in [0.15, 0.2) is 0 Å². The van der Waals surface area contributed by atoms with Crippen molar-refractivity contribution in [1.82, 2.24) is 0 Å². The highest BCUT2D eigenvalue weighted by Gasteiger charge is 2.29. The number of benzene rings is 1. The van der Waals surface area contributed by atoms with Gasteiger partial charge in [-0.2, -0.15) is 0 Å². The van der Waals surface area contributed by atoms with E-state index in [1.54, 1.807) is 0 Å². The lowest BCUT2D eigenvalue weighted by Gasteiger charge is -2.34. The lowest BCUT2D eigenvalue weighted by Crippen LogP contribution is -2.37. The first-order valence-electron chi connectivity index (χ1n) is 6.79. The summed E-state index contributed by atoms with van der Waals surface area (Å²) in [6.45, 7) is 3.05. The zero-order chi connectivity index (χ0) is 13.0. The smallest absolute Gasteiger partial charge is 0.119 e. The van der Waals surface area contributed by atoms with Crippen molar-refractivity contribution in [1.29, 1.82) is 0 Å². The number of hydrogen-bond donors (Lipinski definition) is 2. The van der Waals surface area contributed by atoms with E-state index >= 15 is 0 Å². The standard InChI is InChI=1S/C15H23NO2/c1-11-2-5-13(9-16)15(8-11)18-14-6-3-12(10-17)4-7-14/h3-4,6-7,11,13,15,17H,2,5,8-10,16H2,1H3.